The summed E-state index contributed by atoms with van der Waals surface area (Å²) < 4.78 is 11.9. The van der Waals surface area contributed by atoms with Gasteiger partial charge in [0.1, 0.15) is 0 Å². The summed E-state index contributed by atoms with van der Waals surface area (Å²) >= 11 is 11.2. The van der Waals surface area contributed by atoms with Crippen molar-refractivity contribution in [2.75, 3.05) is 13.6 Å². The first-order chi connectivity index (χ1) is 11.0. The van der Waals surface area contributed by atoms with E-state index in [4.69, 9.17) is 29.0 Å². The number of fused-ring (bicyclic) bond motifs is 1. The number of benzene rings is 2. The lowest BCUT2D eigenvalue weighted by molar-refractivity contribution is 0.295. The van der Waals surface area contributed by atoms with Gasteiger partial charge in [0, 0.05) is 29.1 Å². The van der Waals surface area contributed by atoms with Crippen LogP contribution in [0.5, 0.6) is 0 Å². The predicted octanol–water partition coefficient (Wildman–Crippen LogP) is 3.06. The van der Waals surface area contributed by atoms with E-state index in [-0.39, 0.29) is 5.92 Å². The van der Waals surface area contributed by atoms with Crippen LogP contribution < -0.4 is 10.7 Å². The zero-order valence-electron chi connectivity index (χ0n) is 12.6. The minimum absolute atomic E-state index is 0.120. The Balaban J connectivity index is 2.08. The van der Waals surface area contributed by atoms with Gasteiger partial charge in [-0.1, -0.05) is 40.2 Å². The zero-order valence-corrected chi connectivity index (χ0v) is 14.9. The Morgan fingerprint density at radius 3 is 2.83 bits per heavy atom. The SMILES string of the molecule is CN1Cc2c(Cl)cc(Cl)cc2C(c2cccc([S+]([O-])NN)c2)C1. The lowest BCUT2D eigenvalue weighted by Crippen LogP contribution is -2.32. The second-order valence-corrected chi connectivity index (χ2v) is 7.75. The number of hydrogen-bond acceptors (Lipinski definition) is 4. The number of nitrogens with one attached hydrogen (secondary N) is 1. The van der Waals surface area contributed by atoms with Crippen LogP contribution >= 0.6 is 23.2 Å². The van der Waals surface area contributed by atoms with Gasteiger partial charge in [0.15, 0.2) is 4.90 Å². The maximum Gasteiger partial charge on any atom is 0.175 e. The number of nitrogens with zero attached hydrogens (tertiary/aromatic N) is 1. The molecule has 23 heavy (non-hydrogen) atoms. The van der Waals surface area contributed by atoms with Crippen LogP contribution in [-0.2, 0) is 17.9 Å². The van der Waals surface area contributed by atoms with E-state index in [0.717, 1.165) is 29.8 Å². The number of rotatable bonds is 3. The third-order valence-corrected chi connectivity index (χ3v) is 5.53. The standard InChI is InChI=1S/C16H17Cl2N3OS/c1-21-8-14(10-3-2-4-12(5-10)23(22)20-19)13-6-11(17)7-16(18)15(13)9-21/h2-7,14,20H,8-9,19H2,1H3. The number of nitrogens with two attached hydrogens (primary N) is 1. The fourth-order valence-corrected chi connectivity index (χ4v) is 4.20. The lowest BCUT2D eigenvalue weighted by Gasteiger charge is -2.33. The number of likely N-dealkylation sites (N-methyl/N-ethyl adjacent to an activating group) is 1. The van der Waals surface area contributed by atoms with Gasteiger partial charge in [0.2, 0.25) is 0 Å². The second kappa shape index (κ2) is 6.99. The Morgan fingerprint density at radius 2 is 2.09 bits per heavy atom. The van der Waals surface area contributed by atoms with E-state index in [1.54, 1.807) is 12.1 Å². The number of hydrogen-bond donors (Lipinski definition) is 2. The fraction of sp³-hybridized carbons (Fsp3) is 0.250. The van der Waals surface area contributed by atoms with E-state index in [9.17, 15) is 4.55 Å². The third kappa shape index (κ3) is 3.51. The second-order valence-electron chi connectivity index (χ2n) is 5.66. The number of hydrazine groups is 1. The summed E-state index contributed by atoms with van der Waals surface area (Å²) in [4.78, 5) is 5.14. The van der Waals surface area contributed by atoms with Crippen LogP contribution in [0.3, 0.4) is 0 Å². The van der Waals surface area contributed by atoms with Gasteiger partial charge in [-0.25, -0.2) is 5.84 Å². The number of halogens is 2. The molecule has 0 radical (unpaired) electrons. The molecule has 0 saturated heterocycles. The van der Waals surface area contributed by atoms with Crippen molar-refractivity contribution in [3.05, 3.63) is 63.1 Å². The molecule has 0 fully saturated rings. The Labute approximate surface area is 148 Å². The van der Waals surface area contributed by atoms with Crippen LogP contribution in [0, 0.1) is 0 Å². The normalized spacial score (nSPS) is 19.4. The van der Waals surface area contributed by atoms with Crippen molar-refractivity contribution >= 4 is 34.6 Å². The summed E-state index contributed by atoms with van der Waals surface area (Å²) in [6, 6.07) is 11.4. The summed E-state index contributed by atoms with van der Waals surface area (Å²) in [5.41, 5.74) is 3.29. The molecular weight excluding hydrogens is 353 g/mol. The van der Waals surface area contributed by atoms with Crippen molar-refractivity contribution in [2.45, 2.75) is 17.4 Å². The third-order valence-electron chi connectivity index (χ3n) is 4.07. The maximum atomic E-state index is 11.9. The predicted molar refractivity (Wildman–Crippen MR) is 94.8 cm³/mol. The molecule has 7 heteroatoms. The van der Waals surface area contributed by atoms with Crippen LogP contribution in [0.4, 0.5) is 0 Å². The quantitative estimate of drug-likeness (QED) is 0.495. The van der Waals surface area contributed by atoms with Crippen LogP contribution in [0.1, 0.15) is 22.6 Å². The molecule has 0 aromatic heterocycles. The Hall–Kier alpha value is -0.790. The molecule has 122 valence electrons. The average Bonchev–Trinajstić information content (AvgIpc) is 2.54. The molecule has 0 saturated carbocycles. The van der Waals surface area contributed by atoms with E-state index >= 15 is 0 Å². The highest BCUT2D eigenvalue weighted by atomic mass is 35.5. The zero-order chi connectivity index (χ0) is 16.6. The van der Waals surface area contributed by atoms with E-state index < -0.39 is 11.4 Å². The first-order valence-electron chi connectivity index (χ1n) is 7.14. The molecule has 4 nitrogen and oxygen atoms in total. The molecule has 3 rings (SSSR count). The molecule has 2 aromatic carbocycles. The highest BCUT2D eigenvalue weighted by Gasteiger charge is 2.27. The van der Waals surface area contributed by atoms with Gasteiger partial charge < -0.3 is 9.45 Å². The fourth-order valence-electron chi connectivity index (χ4n) is 3.05. The first kappa shape index (κ1) is 17.0. The van der Waals surface area contributed by atoms with Crippen molar-refractivity contribution in [1.82, 2.24) is 9.73 Å². The average molecular weight is 370 g/mol. The van der Waals surface area contributed by atoms with E-state index in [1.165, 1.54) is 0 Å². The van der Waals surface area contributed by atoms with Crippen LogP contribution in [0.2, 0.25) is 10.0 Å². The molecule has 3 N–H and O–H groups in total. The Morgan fingerprint density at radius 1 is 1.30 bits per heavy atom. The van der Waals surface area contributed by atoms with Gasteiger partial charge in [-0.3, -0.25) is 0 Å². The smallest absolute Gasteiger partial charge is 0.175 e. The van der Waals surface area contributed by atoms with E-state index in [1.807, 2.05) is 24.3 Å². The molecule has 2 unspecified atom stereocenters. The lowest BCUT2D eigenvalue weighted by atomic mass is 9.85. The maximum absolute atomic E-state index is 11.9. The van der Waals surface area contributed by atoms with E-state index in [0.29, 0.717) is 14.9 Å². The first-order valence-corrected chi connectivity index (χ1v) is 9.04. The molecule has 2 atom stereocenters. The molecule has 2 aromatic rings. The van der Waals surface area contributed by atoms with Gasteiger partial charge in [0.25, 0.3) is 0 Å². The Kier molecular flexibility index (Phi) is 5.18. The van der Waals surface area contributed by atoms with Crippen LogP contribution in [0.25, 0.3) is 0 Å². The minimum atomic E-state index is -1.42. The molecule has 0 aliphatic carbocycles. The summed E-state index contributed by atoms with van der Waals surface area (Å²) in [5.74, 6) is 5.40. The molecule has 1 heterocycles. The largest absolute Gasteiger partial charge is 0.592 e. The van der Waals surface area contributed by atoms with Crippen LogP contribution in [0.15, 0.2) is 41.3 Å². The summed E-state index contributed by atoms with van der Waals surface area (Å²) in [5, 5.41) is 1.32. The van der Waals surface area contributed by atoms with Crippen molar-refractivity contribution in [1.29, 1.82) is 0 Å². The van der Waals surface area contributed by atoms with Gasteiger partial charge in [0.05, 0.1) is 11.4 Å². The molecule has 1 aliphatic heterocycles. The van der Waals surface area contributed by atoms with Gasteiger partial charge in [-0.05, 0) is 48.0 Å². The Bertz CT molecular complexity index is 728. The van der Waals surface area contributed by atoms with Gasteiger partial charge in [-0.15, -0.1) is 0 Å². The topological polar surface area (TPSA) is 64.3 Å². The summed E-state index contributed by atoms with van der Waals surface area (Å²) in [7, 11) is 2.06. The highest BCUT2D eigenvalue weighted by molar-refractivity contribution is 7.89. The van der Waals surface area contributed by atoms with Crippen molar-refractivity contribution < 1.29 is 4.55 Å². The molecule has 1 aliphatic rings. The van der Waals surface area contributed by atoms with Crippen molar-refractivity contribution in [2.24, 2.45) is 5.84 Å². The van der Waals surface area contributed by atoms with Gasteiger partial charge >= 0.3 is 0 Å². The van der Waals surface area contributed by atoms with Crippen LogP contribution in [-0.4, -0.2) is 23.0 Å². The monoisotopic (exact) mass is 369 g/mol. The van der Waals surface area contributed by atoms with E-state index in [2.05, 4.69) is 16.8 Å². The molecule has 0 spiro atoms. The highest BCUT2D eigenvalue weighted by Crippen LogP contribution is 2.38. The van der Waals surface area contributed by atoms with Crippen molar-refractivity contribution in [3.8, 4) is 0 Å². The van der Waals surface area contributed by atoms with Crippen molar-refractivity contribution in [3.63, 3.8) is 0 Å². The molecular formula is C16H17Cl2N3OS. The summed E-state index contributed by atoms with van der Waals surface area (Å²) in [6.07, 6.45) is 0. The molecule has 0 amide bonds. The summed E-state index contributed by atoms with van der Waals surface area (Å²) in [6.45, 7) is 1.63. The molecule has 0 bridgehead atoms. The minimum Gasteiger partial charge on any atom is -0.592 e. The van der Waals surface area contributed by atoms with Gasteiger partial charge in [-0.2, -0.15) is 0 Å².